The maximum absolute atomic E-state index is 12.4. The van der Waals surface area contributed by atoms with Gasteiger partial charge in [0.1, 0.15) is 17.2 Å². The van der Waals surface area contributed by atoms with Gasteiger partial charge in [0.25, 0.3) is 0 Å². The molecule has 0 saturated heterocycles. The van der Waals surface area contributed by atoms with Gasteiger partial charge in [-0.1, -0.05) is 6.07 Å². The van der Waals surface area contributed by atoms with E-state index < -0.39 is 0 Å². The van der Waals surface area contributed by atoms with Crippen LogP contribution in [0, 0.1) is 6.92 Å². The van der Waals surface area contributed by atoms with E-state index in [0.29, 0.717) is 22.8 Å². The molecule has 2 aromatic rings. The van der Waals surface area contributed by atoms with Crippen molar-refractivity contribution in [3.8, 4) is 11.5 Å². The number of carbonyl (C=O) groups excluding carboxylic acids is 1. The van der Waals surface area contributed by atoms with Crippen molar-refractivity contribution in [2.75, 3.05) is 14.2 Å². The standard InChI is InChI=1S/C15H15NO3/c1-10-4-6-13(16-9-10)15(17)12-8-11(18-2)5-7-14(12)19-3/h4-9H,1-3H3. The molecule has 0 spiro atoms. The van der Waals surface area contributed by atoms with Gasteiger partial charge in [-0.3, -0.25) is 9.78 Å². The first kappa shape index (κ1) is 13.1. The van der Waals surface area contributed by atoms with Crippen molar-refractivity contribution < 1.29 is 14.3 Å². The number of methoxy groups -OCH3 is 2. The fourth-order valence-corrected chi connectivity index (χ4v) is 1.73. The number of pyridine rings is 1. The molecule has 0 aliphatic heterocycles. The fraction of sp³-hybridized carbons (Fsp3) is 0.200. The van der Waals surface area contributed by atoms with E-state index in [1.54, 1.807) is 37.6 Å². The van der Waals surface area contributed by atoms with E-state index >= 15 is 0 Å². The average Bonchev–Trinajstić information content (AvgIpc) is 2.46. The van der Waals surface area contributed by atoms with Crippen molar-refractivity contribution in [2.24, 2.45) is 0 Å². The maximum Gasteiger partial charge on any atom is 0.215 e. The molecule has 1 heterocycles. The minimum atomic E-state index is -0.184. The van der Waals surface area contributed by atoms with Crippen LogP contribution in [-0.2, 0) is 0 Å². The summed E-state index contributed by atoms with van der Waals surface area (Å²) >= 11 is 0. The second-order valence-electron chi connectivity index (χ2n) is 4.12. The average molecular weight is 257 g/mol. The Balaban J connectivity index is 2.44. The molecule has 0 amide bonds. The van der Waals surface area contributed by atoms with Crippen LogP contribution in [0.5, 0.6) is 11.5 Å². The molecule has 4 nitrogen and oxygen atoms in total. The second-order valence-corrected chi connectivity index (χ2v) is 4.12. The molecule has 0 N–H and O–H groups in total. The molecule has 0 radical (unpaired) electrons. The van der Waals surface area contributed by atoms with Crippen molar-refractivity contribution in [1.29, 1.82) is 0 Å². The van der Waals surface area contributed by atoms with Gasteiger partial charge in [0.15, 0.2) is 0 Å². The largest absolute Gasteiger partial charge is 0.497 e. The summed E-state index contributed by atoms with van der Waals surface area (Å²) in [5, 5.41) is 0. The number of hydrogen-bond acceptors (Lipinski definition) is 4. The summed E-state index contributed by atoms with van der Waals surface area (Å²) < 4.78 is 10.3. The lowest BCUT2D eigenvalue weighted by atomic mass is 10.1. The molecule has 1 aromatic carbocycles. The highest BCUT2D eigenvalue weighted by atomic mass is 16.5. The summed E-state index contributed by atoms with van der Waals surface area (Å²) in [6, 6.07) is 8.67. The van der Waals surface area contributed by atoms with E-state index in [1.807, 2.05) is 13.0 Å². The van der Waals surface area contributed by atoms with Crippen molar-refractivity contribution in [3.63, 3.8) is 0 Å². The number of ketones is 1. The highest BCUT2D eigenvalue weighted by Crippen LogP contribution is 2.25. The van der Waals surface area contributed by atoms with Crippen LogP contribution in [0.25, 0.3) is 0 Å². The normalized spacial score (nSPS) is 10.1. The van der Waals surface area contributed by atoms with Gasteiger partial charge in [0.05, 0.1) is 19.8 Å². The zero-order valence-corrected chi connectivity index (χ0v) is 11.1. The van der Waals surface area contributed by atoms with Crippen molar-refractivity contribution in [1.82, 2.24) is 4.98 Å². The summed E-state index contributed by atoms with van der Waals surface area (Å²) in [7, 11) is 3.08. The highest BCUT2D eigenvalue weighted by molar-refractivity contribution is 6.09. The molecule has 0 bridgehead atoms. The Morgan fingerprint density at radius 2 is 1.89 bits per heavy atom. The predicted molar refractivity (Wildman–Crippen MR) is 72.0 cm³/mol. The number of carbonyl (C=O) groups is 1. The number of aryl methyl sites for hydroxylation is 1. The van der Waals surface area contributed by atoms with Crippen LogP contribution in [0.15, 0.2) is 36.5 Å². The number of aromatic nitrogens is 1. The van der Waals surface area contributed by atoms with Gasteiger partial charge in [0.2, 0.25) is 5.78 Å². The summed E-state index contributed by atoms with van der Waals surface area (Å²) in [6.45, 7) is 1.92. The Morgan fingerprint density at radius 3 is 2.47 bits per heavy atom. The van der Waals surface area contributed by atoms with Gasteiger partial charge in [-0.25, -0.2) is 0 Å². The lowest BCUT2D eigenvalue weighted by molar-refractivity contribution is 0.103. The van der Waals surface area contributed by atoms with E-state index in [9.17, 15) is 4.79 Å². The number of hydrogen-bond donors (Lipinski definition) is 0. The van der Waals surface area contributed by atoms with Crippen molar-refractivity contribution in [2.45, 2.75) is 6.92 Å². The number of rotatable bonds is 4. The topological polar surface area (TPSA) is 48.4 Å². The molecule has 0 atom stereocenters. The van der Waals surface area contributed by atoms with Crippen molar-refractivity contribution >= 4 is 5.78 Å². The first-order chi connectivity index (χ1) is 9.15. The molecule has 1 aromatic heterocycles. The summed E-state index contributed by atoms with van der Waals surface area (Å²) in [6.07, 6.45) is 1.67. The number of nitrogens with zero attached hydrogens (tertiary/aromatic N) is 1. The van der Waals surface area contributed by atoms with Crippen LogP contribution < -0.4 is 9.47 Å². The van der Waals surface area contributed by atoms with Gasteiger partial charge in [0, 0.05) is 6.20 Å². The summed E-state index contributed by atoms with van der Waals surface area (Å²) in [5.41, 5.74) is 1.84. The summed E-state index contributed by atoms with van der Waals surface area (Å²) in [5.74, 6) is 0.931. The Kier molecular flexibility index (Phi) is 3.80. The number of ether oxygens (including phenoxy) is 2. The maximum atomic E-state index is 12.4. The van der Waals surface area contributed by atoms with Crippen LogP contribution in [0.1, 0.15) is 21.6 Å². The minimum absolute atomic E-state index is 0.184. The van der Waals surface area contributed by atoms with Crippen LogP contribution in [0.3, 0.4) is 0 Å². The Hall–Kier alpha value is -2.36. The van der Waals surface area contributed by atoms with Crippen LogP contribution >= 0.6 is 0 Å². The molecule has 0 unspecified atom stereocenters. The third-order valence-corrected chi connectivity index (χ3v) is 2.80. The van der Waals surface area contributed by atoms with Gasteiger partial charge in [-0.05, 0) is 36.8 Å². The first-order valence-corrected chi connectivity index (χ1v) is 5.85. The van der Waals surface area contributed by atoms with Crippen LogP contribution in [-0.4, -0.2) is 25.0 Å². The van der Waals surface area contributed by atoms with E-state index in [2.05, 4.69) is 4.98 Å². The van der Waals surface area contributed by atoms with E-state index in [1.165, 1.54) is 7.11 Å². The third-order valence-electron chi connectivity index (χ3n) is 2.80. The molecule has 2 rings (SSSR count). The lowest BCUT2D eigenvalue weighted by Gasteiger charge is -2.09. The molecular formula is C15H15NO3. The smallest absolute Gasteiger partial charge is 0.215 e. The minimum Gasteiger partial charge on any atom is -0.497 e. The molecular weight excluding hydrogens is 242 g/mol. The van der Waals surface area contributed by atoms with Gasteiger partial charge < -0.3 is 9.47 Å². The highest BCUT2D eigenvalue weighted by Gasteiger charge is 2.16. The molecule has 0 aliphatic rings. The Bertz CT molecular complexity index is 591. The van der Waals surface area contributed by atoms with Gasteiger partial charge in [-0.15, -0.1) is 0 Å². The first-order valence-electron chi connectivity index (χ1n) is 5.85. The van der Waals surface area contributed by atoms with Crippen LogP contribution in [0.2, 0.25) is 0 Å². The second kappa shape index (κ2) is 5.52. The zero-order chi connectivity index (χ0) is 13.8. The molecule has 0 saturated carbocycles. The SMILES string of the molecule is COc1ccc(OC)c(C(=O)c2ccc(C)cn2)c1. The molecule has 0 fully saturated rings. The predicted octanol–water partition coefficient (Wildman–Crippen LogP) is 2.64. The Labute approximate surface area is 112 Å². The third kappa shape index (κ3) is 2.73. The molecule has 4 heteroatoms. The van der Waals surface area contributed by atoms with E-state index in [-0.39, 0.29) is 5.78 Å². The summed E-state index contributed by atoms with van der Waals surface area (Å²) in [4.78, 5) is 16.5. The Morgan fingerprint density at radius 1 is 1.11 bits per heavy atom. The number of benzene rings is 1. The zero-order valence-electron chi connectivity index (χ0n) is 11.1. The van der Waals surface area contributed by atoms with Crippen LogP contribution in [0.4, 0.5) is 0 Å². The lowest BCUT2D eigenvalue weighted by Crippen LogP contribution is -2.06. The monoisotopic (exact) mass is 257 g/mol. The molecule has 19 heavy (non-hydrogen) atoms. The van der Waals surface area contributed by atoms with Crippen molar-refractivity contribution in [3.05, 3.63) is 53.3 Å². The van der Waals surface area contributed by atoms with Gasteiger partial charge in [-0.2, -0.15) is 0 Å². The molecule has 98 valence electrons. The fourth-order valence-electron chi connectivity index (χ4n) is 1.73. The van der Waals surface area contributed by atoms with E-state index in [4.69, 9.17) is 9.47 Å². The van der Waals surface area contributed by atoms with Gasteiger partial charge >= 0.3 is 0 Å². The molecule has 0 aliphatic carbocycles. The van der Waals surface area contributed by atoms with E-state index in [0.717, 1.165) is 5.56 Å². The quantitative estimate of drug-likeness (QED) is 0.790.